The zero-order valence-electron chi connectivity index (χ0n) is 12.7. The molecule has 22 heavy (non-hydrogen) atoms. The number of hydrogen-bond acceptors (Lipinski definition) is 3. The minimum Gasteiger partial charge on any atom is -0.497 e. The van der Waals surface area contributed by atoms with Crippen LogP contribution in [0.4, 0.5) is 0 Å². The average Bonchev–Trinajstić information content (AvgIpc) is 2.55. The standard InChI is InChI=1S/C18H18ClNO2/c1-13-11-17(7-8-18(13)19)22-10-9-15(12-20)14-3-5-16(21-2)6-4-14/h3-8,11,15H,9-10H2,1-2H3. The van der Waals surface area contributed by atoms with Gasteiger partial charge in [0.05, 0.1) is 25.7 Å². The maximum Gasteiger partial charge on any atom is 0.119 e. The van der Waals surface area contributed by atoms with Gasteiger partial charge in [-0.05, 0) is 48.4 Å². The molecule has 0 aliphatic carbocycles. The van der Waals surface area contributed by atoms with Crippen molar-refractivity contribution in [3.05, 3.63) is 58.6 Å². The predicted octanol–water partition coefficient (Wildman–Crippen LogP) is 4.73. The van der Waals surface area contributed by atoms with Crippen LogP contribution in [-0.2, 0) is 0 Å². The highest BCUT2D eigenvalue weighted by atomic mass is 35.5. The summed E-state index contributed by atoms with van der Waals surface area (Å²) >= 11 is 5.98. The van der Waals surface area contributed by atoms with E-state index in [2.05, 4.69) is 6.07 Å². The van der Waals surface area contributed by atoms with Crippen molar-refractivity contribution >= 4 is 11.6 Å². The molecular formula is C18H18ClNO2. The van der Waals surface area contributed by atoms with E-state index < -0.39 is 0 Å². The fourth-order valence-corrected chi connectivity index (χ4v) is 2.26. The van der Waals surface area contributed by atoms with E-state index in [1.54, 1.807) is 7.11 Å². The van der Waals surface area contributed by atoms with Gasteiger partial charge in [0.2, 0.25) is 0 Å². The van der Waals surface area contributed by atoms with Gasteiger partial charge >= 0.3 is 0 Å². The Morgan fingerprint density at radius 1 is 1.14 bits per heavy atom. The lowest BCUT2D eigenvalue weighted by atomic mass is 9.97. The topological polar surface area (TPSA) is 42.2 Å². The predicted molar refractivity (Wildman–Crippen MR) is 87.6 cm³/mol. The molecule has 0 aromatic heterocycles. The molecule has 0 saturated heterocycles. The summed E-state index contributed by atoms with van der Waals surface area (Å²) in [5, 5.41) is 10.1. The fraction of sp³-hybridized carbons (Fsp3) is 0.278. The number of ether oxygens (including phenoxy) is 2. The quantitative estimate of drug-likeness (QED) is 0.773. The SMILES string of the molecule is COc1ccc(C(C#N)CCOc2ccc(Cl)c(C)c2)cc1. The second-order valence-electron chi connectivity index (χ2n) is 5.00. The van der Waals surface area contributed by atoms with Gasteiger partial charge < -0.3 is 9.47 Å². The monoisotopic (exact) mass is 315 g/mol. The highest BCUT2D eigenvalue weighted by molar-refractivity contribution is 6.31. The molecule has 0 aliphatic rings. The lowest BCUT2D eigenvalue weighted by Gasteiger charge is -2.12. The van der Waals surface area contributed by atoms with E-state index in [1.807, 2.05) is 49.4 Å². The van der Waals surface area contributed by atoms with Crippen molar-refractivity contribution in [2.45, 2.75) is 19.3 Å². The van der Waals surface area contributed by atoms with E-state index in [1.165, 1.54) is 0 Å². The van der Waals surface area contributed by atoms with Crippen molar-refractivity contribution in [1.29, 1.82) is 5.26 Å². The van der Waals surface area contributed by atoms with E-state index in [-0.39, 0.29) is 5.92 Å². The van der Waals surface area contributed by atoms with Gasteiger partial charge in [0.1, 0.15) is 11.5 Å². The van der Waals surface area contributed by atoms with Crippen LogP contribution in [0.15, 0.2) is 42.5 Å². The highest BCUT2D eigenvalue weighted by Gasteiger charge is 2.11. The van der Waals surface area contributed by atoms with Crippen molar-refractivity contribution in [3.8, 4) is 17.6 Å². The largest absolute Gasteiger partial charge is 0.497 e. The van der Waals surface area contributed by atoms with E-state index >= 15 is 0 Å². The number of rotatable bonds is 6. The van der Waals surface area contributed by atoms with Crippen molar-refractivity contribution in [1.82, 2.24) is 0 Å². The maximum absolute atomic E-state index is 9.33. The average molecular weight is 316 g/mol. The number of methoxy groups -OCH3 is 1. The Labute approximate surface area is 136 Å². The van der Waals surface area contributed by atoms with Crippen LogP contribution < -0.4 is 9.47 Å². The van der Waals surface area contributed by atoms with Crippen LogP contribution in [0.2, 0.25) is 5.02 Å². The summed E-state index contributed by atoms with van der Waals surface area (Å²) in [6.07, 6.45) is 0.629. The lowest BCUT2D eigenvalue weighted by molar-refractivity contribution is 0.305. The summed E-state index contributed by atoms with van der Waals surface area (Å²) in [5.74, 6) is 1.36. The number of aryl methyl sites for hydroxylation is 1. The number of nitriles is 1. The second kappa shape index (κ2) is 7.72. The Kier molecular flexibility index (Phi) is 5.68. The molecule has 2 rings (SSSR count). The van der Waals surface area contributed by atoms with Gasteiger partial charge in [-0.1, -0.05) is 23.7 Å². The van der Waals surface area contributed by atoms with Gasteiger partial charge in [0.15, 0.2) is 0 Å². The molecule has 0 N–H and O–H groups in total. The molecule has 0 saturated carbocycles. The molecule has 2 aromatic rings. The summed E-state index contributed by atoms with van der Waals surface area (Å²) < 4.78 is 10.8. The molecule has 1 unspecified atom stereocenters. The molecule has 114 valence electrons. The third-order valence-corrected chi connectivity index (χ3v) is 3.90. The van der Waals surface area contributed by atoms with Gasteiger partial charge in [-0.2, -0.15) is 5.26 Å². The van der Waals surface area contributed by atoms with Crippen LogP contribution >= 0.6 is 11.6 Å². The highest BCUT2D eigenvalue weighted by Crippen LogP contribution is 2.24. The maximum atomic E-state index is 9.33. The summed E-state index contributed by atoms with van der Waals surface area (Å²) in [5.41, 5.74) is 1.95. The van der Waals surface area contributed by atoms with Gasteiger partial charge in [-0.3, -0.25) is 0 Å². The minimum absolute atomic E-state index is 0.195. The molecule has 0 spiro atoms. The zero-order valence-corrected chi connectivity index (χ0v) is 13.4. The molecule has 0 radical (unpaired) electrons. The van der Waals surface area contributed by atoms with Crippen LogP contribution in [0.5, 0.6) is 11.5 Å². The van der Waals surface area contributed by atoms with E-state index in [9.17, 15) is 5.26 Å². The van der Waals surface area contributed by atoms with E-state index in [0.717, 1.165) is 27.6 Å². The Morgan fingerprint density at radius 2 is 1.82 bits per heavy atom. The van der Waals surface area contributed by atoms with Gasteiger partial charge in [0.25, 0.3) is 0 Å². The minimum atomic E-state index is -0.195. The molecular weight excluding hydrogens is 298 g/mol. The zero-order chi connectivity index (χ0) is 15.9. The molecule has 0 bridgehead atoms. The molecule has 3 nitrogen and oxygen atoms in total. The molecule has 0 fully saturated rings. The summed E-state index contributed by atoms with van der Waals surface area (Å²) in [4.78, 5) is 0. The Balaban J connectivity index is 1.93. The lowest BCUT2D eigenvalue weighted by Crippen LogP contribution is -2.04. The fourth-order valence-electron chi connectivity index (χ4n) is 2.14. The normalized spacial score (nSPS) is 11.5. The van der Waals surface area contributed by atoms with Crippen LogP contribution in [0.25, 0.3) is 0 Å². The smallest absolute Gasteiger partial charge is 0.119 e. The molecule has 0 heterocycles. The molecule has 0 amide bonds. The first-order valence-electron chi connectivity index (χ1n) is 7.06. The van der Waals surface area contributed by atoms with Crippen LogP contribution in [-0.4, -0.2) is 13.7 Å². The van der Waals surface area contributed by atoms with Crippen LogP contribution in [0.3, 0.4) is 0 Å². The first-order valence-corrected chi connectivity index (χ1v) is 7.44. The third-order valence-electron chi connectivity index (χ3n) is 3.48. The van der Waals surface area contributed by atoms with Crippen molar-refractivity contribution < 1.29 is 9.47 Å². The summed E-state index contributed by atoms with van der Waals surface area (Å²) in [6.45, 7) is 2.41. The van der Waals surface area contributed by atoms with Gasteiger partial charge in [-0.15, -0.1) is 0 Å². The van der Waals surface area contributed by atoms with Gasteiger partial charge in [0, 0.05) is 11.4 Å². The van der Waals surface area contributed by atoms with Crippen molar-refractivity contribution in [3.63, 3.8) is 0 Å². The Morgan fingerprint density at radius 3 is 2.41 bits per heavy atom. The molecule has 4 heteroatoms. The summed E-state index contributed by atoms with van der Waals surface area (Å²) in [7, 11) is 1.62. The number of nitrogens with zero attached hydrogens (tertiary/aromatic N) is 1. The van der Waals surface area contributed by atoms with Gasteiger partial charge in [-0.25, -0.2) is 0 Å². The number of halogens is 1. The van der Waals surface area contributed by atoms with Crippen molar-refractivity contribution in [2.75, 3.05) is 13.7 Å². The second-order valence-corrected chi connectivity index (χ2v) is 5.41. The summed E-state index contributed by atoms with van der Waals surface area (Å²) in [6, 6.07) is 15.4. The van der Waals surface area contributed by atoms with E-state index in [0.29, 0.717) is 13.0 Å². The third kappa shape index (κ3) is 4.16. The van der Waals surface area contributed by atoms with Crippen LogP contribution in [0, 0.1) is 18.3 Å². The first-order chi connectivity index (χ1) is 10.6. The van der Waals surface area contributed by atoms with E-state index in [4.69, 9.17) is 21.1 Å². The Hall–Kier alpha value is -2.18. The van der Waals surface area contributed by atoms with Crippen molar-refractivity contribution in [2.24, 2.45) is 0 Å². The number of hydrogen-bond donors (Lipinski definition) is 0. The Bertz CT molecular complexity index is 662. The van der Waals surface area contributed by atoms with Crippen LogP contribution in [0.1, 0.15) is 23.5 Å². The molecule has 0 aliphatic heterocycles. The molecule has 2 aromatic carbocycles. The number of benzene rings is 2. The first kappa shape index (κ1) is 16.2. The molecule has 1 atom stereocenters.